The van der Waals surface area contributed by atoms with Gasteiger partial charge in [0.2, 0.25) is 0 Å². The van der Waals surface area contributed by atoms with Gasteiger partial charge in [0.1, 0.15) is 6.61 Å². The van der Waals surface area contributed by atoms with Gasteiger partial charge < -0.3 is 14.6 Å². The highest BCUT2D eigenvalue weighted by Gasteiger charge is 2.34. The summed E-state index contributed by atoms with van der Waals surface area (Å²) >= 11 is 2.94. The lowest BCUT2D eigenvalue weighted by Gasteiger charge is -2.15. The Bertz CT molecular complexity index is 1150. The molecule has 0 aliphatic carbocycles. The summed E-state index contributed by atoms with van der Waals surface area (Å²) in [6.45, 7) is 2.31. The first-order chi connectivity index (χ1) is 15.3. The van der Waals surface area contributed by atoms with Crippen molar-refractivity contribution in [1.82, 2.24) is 4.90 Å². The highest BCUT2D eigenvalue weighted by atomic mass is 127. The third kappa shape index (κ3) is 5.44. The summed E-state index contributed by atoms with van der Waals surface area (Å²) in [7, 11) is 0. The van der Waals surface area contributed by atoms with Crippen LogP contribution in [0.5, 0.6) is 11.5 Å². The molecule has 0 radical (unpaired) electrons. The molecule has 2 amide bonds. The van der Waals surface area contributed by atoms with Crippen LogP contribution >= 0.6 is 34.4 Å². The fourth-order valence-electron chi connectivity index (χ4n) is 2.90. The molecule has 0 unspecified atom stereocenters. The van der Waals surface area contributed by atoms with E-state index in [1.807, 2.05) is 6.92 Å². The number of terminal acetylenes is 1. The maximum absolute atomic E-state index is 12.4. The first kappa shape index (κ1) is 23.7. The van der Waals surface area contributed by atoms with E-state index in [2.05, 4.69) is 28.5 Å². The van der Waals surface area contributed by atoms with Crippen molar-refractivity contribution < 1.29 is 29.0 Å². The van der Waals surface area contributed by atoms with Crippen LogP contribution in [0, 0.1) is 15.9 Å². The van der Waals surface area contributed by atoms with Crippen molar-refractivity contribution in [2.75, 3.05) is 13.2 Å². The molecule has 0 saturated carbocycles. The van der Waals surface area contributed by atoms with Gasteiger partial charge in [-0.15, -0.1) is 6.42 Å². The maximum Gasteiger partial charge on any atom is 0.335 e. The average molecular weight is 563 g/mol. The number of hydrogen-bond donors (Lipinski definition) is 1. The molecule has 0 aromatic heterocycles. The minimum atomic E-state index is -1.01. The number of carboxylic acid groups (broad SMARTS) is 1. The normalized spacial score (nSPS) is 14.5. The number of hydrogen-bond acceptors (Lipinski definition) is 6. The van der Waals surface area contributed by atoms with Crippen LogP contribution < -0.4 is 9.47 Å². The highest BCUT2D eigenvalue weighted by Crippen LogP contribution is 2.37. The van der Waals surface area contributed by atoms with Gasteiger partial charge >= 0.3 is 5.97 Å². The van der Waals surface area contributed by atoms with E-state index in [0.29, 0.717) is 29.2 Å². The third-order valence-corrected chi connectivity index (χ3v) is 6.02. The molecule has 9 heteroatoms. The van der Waals surface area contributed by atoms with Crippen molar-refractivity contribution in [2.45, 2.75) is 13.5 Å². The minimum Gasteiger partial charge on any atom is -0.490 e. The number of amides is 2. The van der Waals surface area contributed by atoms with Crippen LogP contribution in [0.1, 0.15) is 28.4 Å². The summed E-state index contributed by atoms with van der Waals surface area (Å²) in [6.07, 6.45) is 6.85. The van der Waals surface area contributed by atoms with E-state index in [-0.39, 0.29) is 23.6 Å². The molecule has 7 nitrogen and oxygen atoms in total. The summed E-state index contributed by atoms with van der Waals surface area (Å²) < 4.78 is 12.4. The molecule has 1 fully saturated rings. The van der Waals surface area contributed by atoms with E-state index in [4.69, 9.17) is 21.0 Å². The van der Waals surface area contributed by atoms with Gasteiger partial charge in [-0.05, 0) is 82.7 Å². The molecule has 0 spiro atoms. The van der Waals surface area contributed by atoms with Crippen LogP contribution in [0.4, 0.5) is 4.79 Å². The predicted octanol–water partition coefficient (Wildman–Crippen LogP) is 4.64. The maximum atomic E-state index is 12.4. The Kier molecular flexibility index (Phi) is 7.82. The van der Waals surface area contributed by atoms with Crippen LogP contribution in [-0.4, -0.2) is 40.3 Å². The van der Waals surface area contributed by atoms with Crippen LogP contribution in [0.25, 0.3) is 6.08 Å². The number of carbonyl (C=O) groups is 3. The van der Waals surface area contributed by atoms with Crippen molar-refractivity contribution in [3.63, 3.8) is 0 Å². The van der Waals surface area contributed by atoms with Crippen molar-refractivity contribution in [3.8, 4) is 23.8 Å². The highest BCUT2D eigenvalue weighted by molar-refractivity contribution is 14.1. The standard InChI is InChI=1S/C23H18INO6S/c1-3-8-25-21(26)19(32-23(25)29)12-15-10-17(24)20(18(11-15)30-4-2)31-13-14-6-5-7-16(9-14)22(27)28/h1,5-7,9-12H,4,8,13H2,2H3,(H,27,28)/b19-12+. The van der Waals surface area contributed by atoms with Gasteiger partial charge in [-0.1, -0.05) is 18.1 Å². The molecule has 2 aromatic rings. The number of halogens is 1. The zero-order chi connectivity index (χ0) is 23.3. The van der Waals surface area contributed by atoms with E-state index < -0.39 is 17.1 Å². The number of carbonyl (C=O) groups excluding carboxylic acids is 2. The molecule has 0 atom stereocenters. The van der Waals surface area contributed by atoms with Crippen molar-refractivity contribution in [3.05, 3.63) is 61.6 Å². The van der Waals surface area contributed by atoms with Crippen LogP contribution in [0.3, 0.4) is 0 Å². The van der Waals surface area contributed by atoms with Crippen molar-refractivity contribution in [2.24, 2.45) is 0 Å². The summed E-state index contributed by atoms with van der Waals surface area (Å²) in [6, 6.07) is 10.0. The van der Waals surface area contributed by atoms with Gasteiger partial charge in [0.25, 0.3) is 11.1 Å². The van der Waals surface area contributed by atoms with Crippen molar-refractivity contribution >= 4 is 57.5 Å². The second kappa shape index (κ2) is 10.6. The number of thioether (sulfide) groups is 1. The Morgan fingerprint density at radius 3 is 2.75 bits per heavy atom. The number of aromatic carboxylic acids is 1. The molecule has 0 bridgehead atoms. The zero-order valence-electron chi connectivity index (χ0n) is 17.0. The first-order valence-electron chi connectivity index (χ1n) is 9.44. The van der Waals surface area contributed by atoms with Crippen LogP contribution in [0.15, 0.2) is 41.3 Å². The van der Waals surface area contributed by atoms with E-state index in [1.165, 1.54) is 6.07 Å². The molecule has 164 valence electrons. The SMILES string of the molecule is C#CCN1C(=O)S/C(=C/c2cc(I)c(OCc3cccc(C(=O)O)c3)c(OCC)c2)C1=O. The molecule has 1 aliphatic heterocycles. The Labute approximate surface area is 202 Å². The molecule has 1 saturated heterocycles. The summed E-state index contributed by atoms with van der Waals surface area (Å²) in [4.78, 5) is 36.9. The van der Waals surface area contributed by atoms with Crippen molar-refractivity contribution in [1.29, 1.82) is 0 Å². The Balaban J connectivity index is 1.86. The van der Waals surface area contributed by atoms with Crippen LogP contribution in [0.2, 0.25) is 0 Å². The lowest BCUT2D eigenvalue weighted by molar-refractivity contribution is -0.122. The topological polar surface area (TPSA) is 93.1 Å². The molecular formula is C23H18INO6S. The minimum absolute atomic E-state index is 0.0698. The van der Waals surface area contributed by atoms with Gasteiger partial charge in [0, 0.05) is 0 Å². The van der Waals surface area contributed by atoms with Gasteiger partial charge in [0.05, 0.1) is 27.2 Å². The van der Waals surface area contributed by atoms with E-state index in [1.54, 1.807) is 36.4 Å². The molecule has 3 rings (SSSR count). The van der Waals surface area contributed by atoms with E-state index in [0.717, 1.165) is 20.2 Å². The lowest BCUT2D eigenvalue weighted by Crippen LogP contribution is -2.28. The predicted molar refractivity (Wildman–Crippen MR) is 130 cm³/mol. The van der Waals surface area contributed by atoms with Gasteiger partial charge in [-0.25, -0.2) is 4.79 Å². The van der Waals surface area contributed by atoms with E-state index in [9.17, 15) is 14.4 Å². The van der Waals surface area contributed by atoms with Gasteiger partial charge in [-0.2, -0.15) is 0 Å². The summed E-state index contributed by atoms with van der Waals surface area (Å²) in [5.74, 6) is 1.85. The smallest absolute Gasteiger partial charge is 0.335 e. The average Bonchev–Trinajstić information content (AvgIpc) is 3.01. The molecule has 2 aromatic carbocycles. The fourth-order valence-corrected chi connectivity index (χ4v) is 4.52. The Morgan fingerprint density at radius 1 is 1.28 bits per heavy atom. The Hall–Kier alpha value is -2.97. The number of nitrogens with zero attached hydrogens (tertiary/aromatic N) is 1. The third-order valence-electron chi connectivity index (χ3n) is 4.31. The number of imide groups is 1. The lowest BCUT2D eigenvalue weighted by atomic mass is 10.1. The summed E-state index contributed by atoms with van der Waals surface area (Å²) in [5, 5.41) is 8.75. The second-order valence-electron chi connectivity index (χ2n) is 6.53. The zero-order valence-corrected chi connectivity index (χ0v) is 19.9. The van der Waals surface area contributed by atoms with E-state index >= 15 is 0 Å². The summed E-state index contributed by atoms with van der Waals surface area (Å²) in [5.41, 5.74) is 1.55. The number of ether oxygens (including phenoxy) is 2. The molecule has 32 heavy (non-hydrogen) atoms. The molecule has 1 heterocycles. The number of carboxylic acids is 1. The van der Waals surface area contributed by atoms with Gasteiger partial charge in [-0.3, -0.25) is 14.5 Å². The first-order valence-corrected chi connectivity index (χ1v) is 11.3. The number of rotatable bonds is 8. The molecular weight excluding hydrogens is 545 g/mol. The largest absolute Gasteiger partial charge is 0.490 e. The fraction of sp³-hybridized carbons (Fsp3) is 0.174. The number of benzene rings is 2. The van der Waals surface area contributed by atoms with Gasteiger partial charge in [0.15, 0.2) is 11.5 Å². The monoisotopic (exact) mass is 563 g/mol. The van der Waals surface area contributed by atoms with Crippen LogP contribution in [-0.2, 0) is 11.4 Å². The molecule has 1 N–H and O–H groups in total. The Morgan fingerprint density at radius 2 is 2.06 bits per heavy atom. The quantitative estimate of drug-likeness (QED) is 0.284. The molecule has 1 aliphatic rings. The second-order valence-corrected chi connectivity index (χ2v) is 8.68.